The van der Waals surface area contributed by atoms with E-state index in [0.29, 0.717) is 35.8 Å². The lowest BCUT2D eigenvalue weighted by molar-refractivity contribution is -0.145. The molecule has 1 saturated carbocycles. The van der Waals surface area contributed by atoms with E-state index in [0.717, 1.165) is 18.1 Å². The predicted molar refractivity (Wildman–Crippen MR) is 114 cm³/mol. The molecule has 12 heteroatoms. The Hall–Kier alpha value is -3.57. The number of carbonyl (C=O) groups excluding carboxylic acids is 1. The highest BCUT2D eigenvalue weighted by Crippen LogP contribution is 2.37. The fourth-order valence-electron chi connectivity index (χ4n) is 3.85. The molecule has 0 aromatic carbocycles. The largest absolute Gasteiger partial charge is 0.499 e. The van der Waals surface area contributed by atoms with Gasteiger partial charge in [-0.15, -0.1) is 0 Å². The molecule has 0 bridgehead atoms. The number of pyridine rings is 1. The molecule has 2 N–H and O–H groups in total. The lowest BCUT2D eigenvalue weighted by Gasteiger charge is -2.38. The van der Waals surface area contributed by atoms with E-state index < -0.39 is 18.0 Å². The smallest absolute Gasteiger partial charge is 0.451 e. The first-order chi connectivity index (χ1) is 15.6. The van der Waals surface area contributed by atoms with Crippen LogP contribution in [0.15, 0.2) is 30.8 Å². The van der Waals surface area contributed by atoms with E-state index >= 15 is 0 Å². The van der Waals surface area contributed by atoms with Crippen molar-refractivity contribution in [3.63, 3.8) is 0 Å². The lowest BCUT2D eigenvalue weighted by Crippen LogP contribution is -2.47. The Labute approximate surface area is 188 Å². The third-order valence-electron chi connectivity index (χ3n) is 5.64. The zero-order chi connectivity index (χ0) is 23.9. The second-order valence-corrected chi connectivity index (χ2v) is 7.95. The summed E-state index contributed by atoms with van der Waals surface area (Å²) in [5, 5.41) is 6.21. The number of carbonyl (C=O) groups is 1. The topological polar surface area (TPSA) is 102 Å². The number of nitrogens with zero attached hydrogens (tertiary/aromatic N) is 4. The van der Waals surface area contributed by atoms with Crippen molar-refractivity contribution in [2.45, 2.75) is 44.1 Å². The van der Waals surface area contributed by atoms with Crippen LogP contribution in [0.3, 0.4) is 0 Å². The Kier molecular flexibility index (Phi) is 5.76. The number of amides is 1. The monoisotopic (exact) mass is 464 g/mol. The van der Waals surface area contributed by atoms with E-state index in [1.54, 1.807) is 18.9 Å². The molecule has 0 saturated heterocycles. The third-order valence-corrected chi connectivity index (χ3v) is 5.64. The van der Waals surface area contributed by atoms with Gasteiger partial charge in [-0.3, -0.25) is 4.79 Å². The van der Waals surface area contributed by atoms with E-state index in [4.69, 9.17) is 9.47 Å². The summed E-state index contributed by atoms with van der Waals surface area (Å²) in [5.74, 6) is -0.285. The van der Waals surface area contributed by atoms with E-state index in [2.05, 4.69) is 32.2 Å². The Morgan fingerprint density at radius 2 is 1.97 bits per heavy atom. The van der Waals surface area contributed by atoms with Gasteiger partial charge in [0.1, 0.15) is 17.7 Å². The maximum atomic E-state index is 12.6. The number of hydrogen-bond acceptors (Lipinski definition) is 8. The average molecular weight is 464 g/mol. The van der Waals surface area contributed by atoms with Crippen molar-refractivity contribution in [2.75, 3.05) is 29.7 Å². The maximum Gasteiger partial charge on any atom is 0.451 e. The first-order valence-electron chi connectivity index (χ1n) is 10.2. The fourth-order valence-corrected chi connectivity index (χ4v) is 3.85. The number of hydrogen-bond donors (Lipinski definition) is 2. The summed E-state index contributed by atoms with van der Waals surface area (Å²) in [4.78, 5) is 25.4. The van der Waals surface area contributed by atoms with E-state index in [9.17, 15) is 18.0 Å². The number of anilines is 3. The Morgan fingerprint density at radius 1 is 1.30 bits per heavy atom. The van der Waals surface area contributed by atoms with Gasteiger partial charge in [-0.1, -0.05) is 6.58 Å². The van der Waals surface area contributed by atoms with Crippen molar-refractivity contribution < 1.29 is 27.4 Å². The highest BCUT2D eigenvalue weighted by atomic mass is 19.4. The molecular weight excluding hydrogens is 441 g/mol. The zero-order valence-corrected chi connectivity index (χ0v) is 18.2. The number of aryl methyl sites for hydroxylation is 1. The van der Waals surface area contributed by atoms with Gasteiger partial charge in [-0.05, 0) is 6.92 Å². The number of likely N-dealkylation sites (N-methyl/N-ethyl adjacent to an activating group) is 1. The first kappa shape index (κ1) is 22.6. The second-order valence-electron chi connectivity index (χ2n) is 7.95. The highest BCUT2D eigenvalue weighted by Gasteiger charge is 2.37. The molecule has 1 amide bonds. The summed E-state index contributed by atoms with van der Waals surface area (Å²) in [7, 11) is 3.25. The molecule has 1 aliphatic carbocycles. The number of rotatable bonds is 6. The molecule has 0 spiro atoms. The first-order valence-corrected chi connectivity index (χ1v) is 10.2. The molecular formula is C21H23F3N6O3. The maximum absolute atomic E-state index is 12.6. The zero-order valence-electron chi connectivity index (χ0n) is 18.2. The van der Waals surface area contributed by atoms with Gasteiger partial charge in [0.05, 0.1) is 36.6 Å². The second kappa shape index (κ2) is 8.41. The number of ether oxygens (including phenoxy) is 2. The van der Waals surface area contributed by atoms with Crippen LogP contribution in [0.1, 0.15) is 24.4 Å². The van der Waals surface area contributed by atoms with E-state index in [-0.39, 0.29) is 23.8 Å². The molecule has 1 atom stereocenters. The van der Waals surface area contributed by atoms with Crippen molar-refractivity contribution in [3.05, 3.63) is 42.3 Å². The third kappa shape index (κ3) is 4.50. The summed E-state index contributed by atoms with van der Waals surface area (Å²) in [6.45, 7) is 5.62. The Bertz CT molecular complexity index is 1070. The standard InChI is InChI=1S/C21H23F3N6O3/c1-10-17-15(30(3)18(11(2)32-4)19(31)29-17)7-16(27-10)28-12-5-13(6-12)33-14-8-25-20(26-9-14)21(22,23)24/h7-9,12-13,18H,2,5-6H2,1,3-4H3,(H,27,28)(H,29,31)/t12?,13?,18-/m0/s1. The molecule has 176 valence electrons. The minimum atomic E-state index is -4.59. The average Bonchev–Trinajstić information content (AvgIpc) is 2.72. The number of fused-ring (bicyclic) bond motifs is 1. The van der Waals surface area contributed by atoms with Crippen LogP contribution in [-0.2, 0) is 15.7 Å². The Balaban J connectivity index is 1.38. The molecule has 2 aromatic rings. The molecule has 2 aromatic heterocycles. The van der Waals surface area contributed by atoms with Crippen LogP contribution in [0, 0.1) is 6.92 Å². The molecule has 4 rings (SSSR count). The van der Waals surface area contributed by atoms with Gasteiger partial charge in [-0.2, -0.15) is 13.2 Å². The summed E-state index contributed by atoms with van der Waals surface area (Å²) in [6, 6.07) is 1.25. The van der Waals surface area contributed by atoms with Crippen molar-refractivity contribution >= 4 is 23.1 Å². The molecule has 9 nitrogen and oxygen atoms in total. The summed E-state index contributed by atoms with van der Waals surface area (Å²) < 4.78 is 48.5. The quantitative estimate of drug-likeness (QED) is 0.629. The van der Waals surface area contributed by atoms with Crippen molar-refractivity contribution in [1.82, 2.24) is 15.0 Å². The predicted octanol–water partition coefficient (Wildman–Crippen LogP) is 3.14. The van der Waals surface area contributed by atoms with E-state index in [1.165, 1.54) is 7.11 Å². The van der Waals surface area contributed by atoms with E-state index in [1.807, 2.05) is 6.07 Å². The van der Waals surface area contributed by atoms with Crippen LogP contribution >= 0.6 is 0 Å². The highest BCUT2D eigenvalue weighted by molar-refractivity contribution is 6.05. The lowest BCUT2D eigenvalue weighted by atomic mass is 9.89. The van der Waals surface area contributed by atoms with Gasteiger partial charge in [0.2, 0.25) is 5.82 Å². The minimum absolute atomic E-state index is 0.0727. The number of aromatic nitrogens is 3. The SMILES string of the molecule is C=C(OC)[C@H]1C(=O)Nc2c(cc(NC3CC(Oc4cnc(C(F)(F)F)nc4)C3)nc2C)N1C. The van der Waals surface area contributed by atoms with Crippen LogP contribution in [0.25, 0.3) is 0 Å². The van der Waals surface area contributed by atoms with Gasteiger partial charge < -0.3 is 25.0 Å². The van der Waals surface area contributed by atoms with Crippen molar-refractivity contribution in [3.8, 4) is 5.75 Å². The minimum Gasteiger partial charge on any atom is -0.499 e. The summed E-state index contributed by atoms with van der Waals surface area (Å²) >= 11 is 0. The normalized spacial score (nSPS) is 22.1. The van der Waals surface area contributed by atoms with Gasteiger partial charge in [-0.25, -0.2) is 15.0 Å². The molecule has 33 heavy (non-hydrogen) atoms. The molecule has 2 aliphatic rings. The number of methoxy groups -OCH3 is 1. The van der Waals surface area contributed by atoms with Crippen LogP contribution in [0.4, 0.5) is 30.4 Å². The van der Waals surface area contributed by atoms with Gasteiger partial charge in [0.25, 0.3) is 5.91 Å². The van der Waals surface area contributed by atoms with Crippen molar-refractivity contribution in [1.29, 1.82) is 0 Å². The van der Waals surface area contributed by atoms with Gasteiger partial charge >= 0.3 is 6.18 Å². The molecule has 0 unspecified atom stereocenters. The van der Waals surface area contributed by atoms with Gasteiger partial charge in [0, 0.05) is 32.0 Å². The summed E-state index contributed by atoms with van der Waals surface area (Å²) in [5.41, 5.74) is 2.07. The number of alkyl halides is 3. The summed E-state index contributed by atoms with van der Waals surface area (Å²) in [6.07, 6.45) is -1.43. The van der Waals surface area contributed by atoms with Crippen LogP contribution in [0.5, 0.6) is 5.75 Å². The van der Waals surface area contributed by atoms with Gasteiger partial charge in [0.15, 0.2) is 11.8 Å². The molecule has 1 aliphatic heterocycles. The fraction of sp³-hybridized carbons (Fsp3) is 0.429. The number of halogens is 3. The van der Waals surface area contributed by atoms with Crippen LogP contribution in [0.2, 0.25) is 0 Å². The Morgan fingerprint density at radius 3 is 2.58 bits per heavy atom. The number of nitrogens with one attached hydrogen (secondary N) is 2. The molecule has 3 heterocycles. The molecule has 0 radical (unpaired) electrons. The molecule has 1 fully saturated rings. The van der Waals surface area contributed by atoms with Crippen molar-refractivity contribution in [2.24, 2.45) is 0 Å². The van der Waals surface area contributed by atoms with Crippen LogP contribution < -0.4 is 20.3 Å². The van der Waals surface area contributed by atoms with Crippen LogP contribution in [-0.4, -0.2) is 53.2 Å².